The van der Waals surface area contributed by atoms with Gasteiger partial charge in [-0.1, -0.05) is 12.1 Å². The lowest BCUT2D eigenvalue weighted by atomic mass is 10.1. The molecule has 1 heterocycles. The summed E-state index contributed by atoms with van der Waals surface area (Å²) in [5, 5.41) is 1.78. The fourth-order valence-corrected chi connectivity index (χ4v) is 2.10. The van der Waals surface area contributed by atoms with Crippen LogP contribution in [0.25, 0.3) is 0 Å². The SMILES string of the molecule is COc1cccc(F)c1C(=O)c1cccs1. The minimum absolute atomic E-state index is 0.00699. The topological polar surface area (TPSA) is 26.3 Å². The number of thiophene rings is 1. The van der Waals surface area contributed by atoms with Crippen molar-refractivity contribution in [1.29, 1.82) is 0 Å². The van der Waals surface area contributed by atoms with Crippen LogP contribution < -0.4 is 4.74 Å². The number of methoxy groups -OCH3 is 1. The molecule has 0 saturated carbocycles. The molecule has 0 aliphatic carbocycles. The molecule has 2 rings (SSSR count). The second kappa shape index (κ2) is 4.45. The number of carbonyl (C=O) groups excluding carboxylic acids is 1. The van der Waals surface area contributed by atoms with Gasteiger partial charge in [0.15, 0.2) is 0 Å². The van der Waals surface area contributed by atoms with Crippen LogP contribution in [0.5, 0.6) is 5.75 Å². The van der Waals surface area contributed by atoms with E-state index in [0.29, 0.717) is 4.88 Å². The molecule has 1 aromatic carbocycles. The van der Waals surface area contributed by atoms with E-state index >= 15 is 0 Å². The van der Waals surface area contributed by atoms with Crippen LogP contribution in [0.1, 0.15) is 15.2 Å². The lowest BCUT2D eigenvalue weighted by Crippen LogP contribution is -2.05. The molecule has 1 aromatic heterocycles. The van der Waals surface area contributed by atoms with Gasteiger partial charge in [-0.15, -0.1) is 11.3 Å². The molecule has 0 amide bonds. The van der Waals surface area contributed by atoms with Gasteiger partial charge >= 0.3 is 0 Å². The molecule has 0 aliphatic heterocycles. The number of benzene rings is 1. The summed E-state index contributed by atoms with van der Waals surface area (Å²) in [7, 11) is 1.42. The lowest BCUT2D eigenvalue weighted by molar-refractivity contribution is 0.103. The summed E-state index contributed by atoms with van der Waals surface area (Å²) in [5.74, 6) is -0.638. The van der Waals surface area contributed by atoms with Crippen molar-refractivity contribution in [2.75, 3.05) is 7.11 Å². The highest BCUT2D eigenvalue weighted by molar-refractivity contribution is 7.12. The quantitative estimate of drug-likeness (QED) is 0.765. The van der Waals surface area contributed by atoms with E-state index in [1.54, 1.807) is 23.6 Å². The Morgan fingerprint density at radius 3 is 2.75 bits per heavy atom. The van der Waals surface area contributed by atoms with Crippen molar-refractivity contribution in [2.24, 2.45) is 0 Å². The van der Waals surface area contributed by atoms with E-state index in [2.05, 4.69) is 0 Å². The van der Waals surface area contributed by atoms with Crippen molar-refractivity contribution >= 4 is 17.1 Å². The number of hydrogen-bond acceptors (Lipinski definition) is 3. The zero-order chi connectivity index (χ0) is 11.5. The highest BCUT2D eigenvalue weighted by Gasteiger charge is 2.19. The first kappa shape index (κ1) is 10.8. The Bertz CT molecular complexity index is 506. The smallest absolute Gasteiger partial charge is 0.209 e. The summed E-state index contributed by atoms with van der Waals surface area (Å²) < 4.78 is 18.6. The van der Waals surface area contributed by atoms with Crippen molar-refractivity contribution < 1.29 is 13.9 Å². The van der Waals surface area contributed by atoms with Crippen LogP contribution in [-0.2, 0) is 0 Å². The summed E-state index contributed by atoms with van der Waals surface area (Å²) in [6, 6.07) is 7.76. The van der Waals surface area contributed by atoms with Crippen LogP contribution in [0.3, 0.4) is 0 Å². The zero-order valence-electron chi connectivity index (χ0n) is 8.57. The third-order valence-corrected chi connectivity index (χ3v) is 3.04. The maximum Gasteiger partial charge on any atom is 0.209 e. The highest BCUT2D eigenvalue weighted by Crippen LogP contribution is 2.25. The van der Waals surface area contributed by atoms with Crippen molar-refractivity contribution in [2.45, 2.75) is 0 Å². The average Bonchev–Trinajstić information content (AvgIpc) is 2.81. The molecule has 2 aromatic rings. The van der Waals surface area contributed by atoms with Crippen LogP contribution in [0.2, 0.25) is 0 Å². The predicted molar refractivity (Wildman–Crippen MR) is 60.7 cm³/mol. The number of ether oxygens (including phenoxy) is 1. The van der Waals surface area contributed by atoms with Gasteiger partial charge in [0.1, 0.15) is 17.1 Å². The molecule has 82 valence electrons. The van der Waals surface area contributed by atoms with Crippen molar-refractivity contribution in [3.8, 4) is 5.75 Å². The van der Waals surface area contributed by atoms with Gasteiger partial charge in [-0.25, -0.2) is 4.39 Å². The lowest BCUT2D eigenvalue weighted by Gasteiger charge is -2.07. The molecule has 0 saturated heterocycles. The fraction of sp³-hybridized carbons (Fsp3) is 0.0833. The van der Waals surface area contributed by atoms with Gasteiger partial charge in [-0.2, -0.15) is 0 Å². The summed E-state index contributed by atoms with van der Waals surface area (Å²) in [5.41, 5.74) is -0.00699. The number of hydrogen-bond donors (Lipinski definition) is 0. The van der Waals surface area contributed by atoms with Gasteiger partial charge in [0.25, 0.3) is 0 Å². The summed E-state index contributed by atoms with van der Waals surface area (Å²) >= 11 is 1.28. The third-order valence-electron chi connectivity index (χ3n) is 2.17. The Labute approximate surface area is 96.3 Å². The van der Waals surface area contributed by atoms with E-state index in [1.807, 2.05) is 0 Å². The van der Waals surface area contributed by atoms with Gasteiger partial charge < -0.3 is 4.74 Å². The Balaban J connectivity index is 2.51. The fourth-order valence-electron chi connectivity index (χ4n) is 1.43. The molecule has 16 heavy (non-hydrogen) atoms. The van der Waals surface area contributed by atoms with Gasteiger partial charge in [-0.05, 0) is 23.6 Å². The summed E-state index contributed by atoms with van der Waals surface area (Å²) in [6.07, 6.45) is 0. The molecule has 0 unspecified atom stereocenters. The Kier molecular flexibility index (Phi) is 3.01. The normalized spacial score (nSPS) is 10.1. The second-order valence-electron chi connectivity index (χ2n) is 3.12. The van der Waals surface area contributed by atoms with E-state index in [1.165, 1.54) is 30.6 Å². The van der Waals surface area contributed by atoms with Crippen molar-refractivity contribution in [3.63, 3.8) is 0 Å². The van der Waals surface area contributed by atoms with E-state index in [-0.39, 0.29) is 17.1 Å². The molecule has 0 fully saturated rings. The first-order valence-electron chi connectivity index (χ1n) is 4.64. The molecule has 4 heteroatoms. The Morgan fingerprint density at radius 2 is 2.12 bits per heavy atom. The van der Waals surface area contributed by atoms with E-state index in [9.17, 15) is 9.18 Å². The van der Waals surface area contributed by atoms with Crippen LogP contribution in [-0.4, -0.2) is 12.9 Å². The highest BCUT2D eigenvalue weighted by atomic mass is 32.1. The van der Waals surface area contributed by atoms with Crippen LogP contribution >= 0.6 is 11.3 Å². The Morgan fingerprint density at radius 1 is 1.31 bits per heavy atom. The maximum absolute atomic E-state index is 13.6. The van der Waals surface area contributed by atoms with Crippen LogP contribution in [0, 0.1) is 5.82 Å². The molecular formula is C12H9FO2S. The number of rotatable bonds is 3. The van der Waals surface area contributed by atoms with Gasteiger partial charge in [0.05, 0.1) is 12.0 Å². The van der Waals surface area contributed by atoms with Crippen molar-refractivity contribution in [1.82, 2.24) is 0 Å². The van der Waals surface area contributed by atoms with E-state index in [0.717, 1.165) is 0 Å². The maximum atomic E-state index is 13.6. The largest absolute Gasteiger partial charge is 0.496 e. The predicted octanol–water partition coefficient (Wildman–Crippen LogP) is 3.13. The molecule has 0 radical (unpaired) electrons. The van der Waals surface area contributed by atoms with Gasteiger partial charge in [0, 0.05) is 0 Å². The molecule has 2 nitrogen and oxygen atoms in total. The van der Waals surface area contributed by atoms with Crippen molar-refractivity contribution in [3.05, 3.63) is 52.0 Å². The van der Waals surface area contributed by atoms with E-state index in [4.69, 9.17) is 4.74 Å². The number of ketones is 1. The molecule has 0 atom stereocenters. The third kappa shape index (κ3) is 1.84. The average molecular weight is 236 g/mol. The molecule has 0 bridgehead atoms. The number of halogens is 1. The monoisotopic (exact) mass is 236 g/mol. The van der Waals surface area contributed by atoms with Gasteiger partial charge in [-0.3, -0.25) is 4.79 Å². The summed E-state index contributed by atoms with van der Waals surface area (Å²) in [4.78, 5) is 12.5. The minimum atomic E-state index is -0.558. The molecule has 0 N–H and O–H groups in total. The zero-order valence-corrected chi connectivity index (χ0v) is 9.38. The van der Waals surface area contributed by atoms with Crippen LogP contribution in [0.15, 0.2) is 35.7 Å². The van der Waals surface area contributed by atoms with Crippen LogP contribution in [0.4, 0.5) is 4.39 Å². The first-order valence-corrected chi connectivity index (χ1v) is 5.52. The second-order valence-corrected chi connectivity index (χ2v) is 4.07. The standard InChI is InChI=1S/C12H9FO2S/c1-15-9-5-2-4-8(13)11(9)12(14)10-6-3-7-16-10/h2-7H,1H3. The first-order chi connectivity index (χ1) is 7.74. The molecule has 0 spiro atoms. The summed E-state index contributed by atoms with van der Waals surface area (Å²) in [6.45, 7) is 0. The van der Waals surface area contributed by atoms with E-state index < -0.39 is 5.82 Å². The molecule has 0 aliphatic rings. The molecular weight excluding hydrogens is 227 g/mol. The Hall–Kier alpha value is -1.68. The minimum Gasteiger partial charge on any atom is -0.496 e. The number of carbonyl (C=O) groups is 1. The van der Waals surface area contributed by atoms with Gasteiger partial charge in [0.2, 0.25) is 5.78 Å².